The molecule has 1 heterocycles. The zero-order valence-electron chi connectivity index (χ0n) is 9.72. The molecule has 0 aliphatic rings. The van der Waals surface area contributed by atoms with E-state index in [1.165, 1.54) is 18.4 Å². The number of ether oxygens (including phenoxy) is 1. The first kappa shape index (κ1) is 14.9. The molecule has 2 N–H and O–H groups in total. The average molecular weight is 413 g/mol. The predicted octanol–water partition coefficient (Wildman–Crippen LogP) is 4.61. The van der Waals surface area contributed by atoms with Crippen LogP contribution in [0.1, 0.15) is 17.2 Å². The molecule has 2 nitrogen and oxygen atoms in total. The number of thiophene rings is 1. The van der Waals surface area contributed by atoms with Crippen molar-refractivity contribution in [1.29, 1.82) is 0 Å². The molecule has 2 aromatic rings. The van der Waals surface area contributed by atoms with Crippen LogP contribution in [0.5, 0.6) is 5.75 Å². The van der Waals surface area contributed by atoms with Gasteiger partial charge >= 0.3 is 0 Å². The number of rotatable bonds is 3. The first-order valence-electron chi connectivity index (χ1n) is 5.17. The Labute approximate surface area is 129 Å². The molecule has 19 heavy (non-hydrogen) atoms. The summed E-state index contributed by atoms with van der Waals surface area (Å²) in [6, 6.07) is 3.09. The second-order valence-electron chi connectivity index (χ2n) is 3.76. The molecule has 0 saturated heterocycles. The van der Waals surface area contributed by atoms with Crippen molar-refractivity contribution in [2.75, 3.05) is 7.11 Å². The number of halogens is 4. The van der Waals surface area contributed by atoms with Crippen LogP contribution in [-0.4, -0.2) is 7.11 Å². The van der Waals surface area contributed by atoms with E-state index in [1.54, 1.807) is 6.07 Å². The van der Waals surface area contributed by atoms with Crippen LogP contribution in [-0.2, 0) is 0 Å². The van der Waals surface area contributed by atoms with Crippen LogP contribution in [0.4, 0.5) is 8.78 Å². The maximum absolute atomic E-state index is 13.9. The summed E-state index contributed by atoms with van der Waals surface area (Å²) in [4.78, 5) is 0. The predicted molar refractivity (Wildman–Crippen MR) is 78.7 cm³/mol. The van der Waals surface area contributed by atoms with Crippen molar-refractivity contribution in [2.45, 2.75) is 6.04 Å². The van der Waals surface area contributed by atoms with Gasteiger partial charge in [-0.15, -0.1) is 11.3 Å². The highest BCUT2D eigenvalue weighted by Gasteiger charge is 2.23. The number of hydrogen-bond acceptors (Lipinski definition) is 3. The van der Waals surface area contributed by atoms with Crippen LogP contribution in [0, 0.1) is 11.6 Å². The minimum Gasteiger partial charge on any atom is -0.497 e. The highest BCUT2D eigenvalue weighted by atomic mass is 79.9. The van der Waals surface area contributed by atoms with E-state index in [9.17, 15) is 8.78 Å². The summed E-state index contributed by atoms with van der Waals surface area (Å²) >= 11 is 8.04. The van der Waals surface area contributed by atoms with Crippen molar-refractivity contribution in [3.8, 4) is 5.75 Å². The maximum Gasteiger partial charge on any atom is 0.134 e. The molecule has 0 radical (unpaired) electrons. The summed E-state index contributed by atoms with van der Waals surface area (Å²) < 4.78 is 34.3. The summed E-state index contributed by atoms with van der Waals surface area (Å²) in [7, 11) is 1.35. The fourth-order valence-corrected chi connectivity index (χ4v) is 4.63. The fraction of sp³-hybridized carbons (Fsp3) is 0.167. The zero-order valence-corrected chi connectivity index (χ0v) is 13.7. The molecule has 0 saturated carbocycles. The van der Waals surface area contributed by atoms with Gasteiger partial charge in [-0.3, -0.25) is 0 Å². The summed E-state index contributed by atoms with van der Waals surface area (Å²) in [6.45, 7) is 0. The standard InChI is InChI=1S/C12H9Br2F2NOS/c1-18-5-2-7(15)10(8(16)3-5)11(17)6-4-9(13)19-12(6)14/h2-4,11H,17H2,1H3. The van der Waals surface area contributed by atoms with Gasteiger partial charge in [0.15, 0.2) is 0 Å². The van der Waals surface area contributed by atoms with E-state index in [4.69, 9.17) is 10.5 Å². The molecule has 0 fully saturated rings. The Morgan fingerprint density at radius 2 is 1.79 bits per heavy atom. The molecular formula is C12H9Br2F2NOS. The summed E-state index contributed by atoms with van der Waals surface area (Å²) in [5, 5.41) is 0. The molecule has 0 amide bonds. The fourth-order valence-electron chi connectivity index (χ4n) is 1.70. The molecule has 0 bridgehead atoms. The van der Waals surface area contributed by atoms with Gasteiger partial charge in [-0.1, -0.05) is 0 Å². The minimum atomic E-state index is -0.886. The third-order valence-corrected chi connectivity index (χ3v) is 5.00. The molecule has 0 spiro atoms. The molecule has 0 aliphatic carbocycles. The van der Waals surface area contributed by atoms with E-state index >= 15 is 0 Å². The van der Waals surface area contributed by atoms with Gasteiger partial charge in [0.25, 0.3) is 0 Å². The second kappa shape index (κ2) is 5.87. The van der Waals surface area contributed by atoms with Crippen molar-refractivity contribution in [2.24, 2.45) is 5.73 Å². The second-order valence-corrected chi connectivity index (χ2v) is 7.51. The monoisotopic (exact) mass is 411 g/mol. The third-order valence-electron chi connectivity index (χ3n) is 2.62. The number of hydrogen-bond donors (Lipinski definition) is 1. The van der Waals surface area contributed by atoms with Crippen molar-refractivity contribution in [3.63, 3.8) is 0 Å². The minimum absolute atomic E-state index is 0.122. The Kier molecular flexibility index (Phi) is 4.60. The normalized spacial score (nSPS) is 12.5. The lowest BCUT2D eigenvalue weighted by molar-refractivity contribution is 0.404. The van der Waals surface area contributed by atoms with Gasteiger partial charge in [0.2, 0.25) is 0 Å². The zero-order chi connectivity index (χ0) is 14.2. The van der Waals surface area contributed by atoms with Crippen LogP contribution in [0.15, 0.2) is 25.8 Å². The topological polar surface area (TPSA) is 35.2 Å². The number of benzene rings is 1. The van der Waals surface area contributed by atoms with E-state index < -0.39 is 17.7 Å². The van der Waals surface area contributed by atoms with Crippen LogP contribution in [0.3, 0.4) is 0 Å². The van der Waals surface area contributed by atoms with E-state index in [0.717, 1.165) is 19.7 Å². The smallest absolute Gasteiger partial charge is 0.134 e. The number of methoxy groups -OCH3 is 1. The highest BCUT2D eigenvalue weighted by molar-refractivity contribution is 9.12. The quantitative estimate of drug-likeness (QED) is 0.798. The van der Waals surface area contributed by atoms with E-state index in [1.807, 2.05) is 0 Å². The largest absolute Gasteiger partial charge is 0.497 e. The van der Waals surface area contributed by atoms with Crippen LogP contribution >= 0.6 is 43.2 Å². The molecule has 1 unspecified atom stereocenters. The van der Waals surface area contributed by atoms with E-state index in [0.29, 0.717) is 5.56 Å². The van der Waals surface area contributed by atoms with Crippen molar-refractivity contribution in [1.82, 2.24) is 0 Å². The maximum atomic E-state index is 13.9. The van der Waals surface area contributed by atoms with Gasteiger partial charge in [0, 0.05) is 17.7 Å². The van der Waals surface area contributed by atoms with Gasteiger partial charge in [-0.2, -0.15) is 0 Å². The first-order valence-corrected chi connectivity index (χ1v) is 7.57. The summed E-state index contributed by atoms with van der Waals surface area (Å²) in [5.74, 6) is -1.33. The lowest BCUT2D eigenvalue weighted by Crippen LogP contribution is -2.15. The lowest BCUT2D eigenvalue weighted by atomic mass is 10.0. The van der Waals surface area contributed by atoms with Crippen molar-refractivity contribution in [3.05, 3.63) is 48.5 Å². The summed E-state index contributed by atoms with van der Waals surface area (Å²) in [5.41, 5.74) is 6.41. The van der Waals surface area contributed by atoms with Gasteiger partial charge < -0.3 is 10.5 Å². The van der Waals surface area contributed by atoms with Crippen molar-refractivity contribution >= 4 is 43.2 Å². The number of nitrogens with two attached hydrogens (primary N) is 1. The van der Waals surface area contributed by atoms with Crippen LogP contribution < -0.4 is 10.5 Å². The Morgan fingerprint density at radius 1 is 1.21 bits per heavy atom. The van der Waals surface area contributed by atoms with Gasteiger partial charge in [0.1, 0.15) is 17.4 Å². The molecule has 0 aliphatic heterocycles. The third kappa shape index (κ3) is 2.99. The SMILES string of the molecule is COc1cc(F)c(C(N)c2cc(Br)sc2Br)c(F)c1. The molecule has 1 aromatic carbocycles. The van der Waals surface area contributed by atoms with Crippen molar-refractivity contribution < 1.29 is 13.5 Å². The highest BCUT2D eigenvalue weighted by Crippen LogP contribution is 2.38. The molecular weight excluding hydrogens is 404 g/mol. The Balaban J connectivity index is 2.50. The summed E-state index contributed by atoms with van der Waals surface area (Å²) in [6.07, 6.45) is 0. The lowest BCUT2D eigenvalue weighted by Gasteiger charge is -2.14. The Morgan fingerprint density at radius 3 is 2.21 bits per heavy atom. The van der Waals surface area contributed by atoms with E-state index in [2.05, 4.69) is 31.9 Å². The molecule has 1 aromatic heterocycles. The van der Waals surface area contributed by atoms with Crippen LogP contribution in [0.2, 0.25) is 0 Å². The van der Waals surface area contributed by atoms with Gasteiger partial charge in [-0.05, 0) is 43.5 Å². The van der Waals surface area contributed by atoms with E-state index in [-0.39, 0.29) is 11.3 Å². The Bertz CT molecular complexity index is 595. The van der Waals surface area contributed by atoms with Gasteiger partial charge in [-0.25, -0.2) is 8.78 Å². The van der Waals surface area contributed by atoms with Crippen LogP contribution in [0.25, 0.3) is 0 Å². The molecule has 2 rings (SSSR count). The molecule has 1 atom stereocenters. The first-order chi connectivity index (χ1) is 8.93. The average Bonchev–Trinajstić information content (AvgIpc) is 2.67. The van der Waals surface area contributed by atoms with Gasteiger partial charge in [0.05, 0.1) is 20.7 Å². The Hall–Kier alpha value is -0.500. The molecule has 7 heteroatoms. The molecule has 102 valence electrons.